The maximum atomic E-state index is 12.8. The van der Waals surface area contributed by atoms with Crippen molar-refractivity contribution in [3.63, 3.8) is 0 Å². The van der Waals surface area contributed by atoms with E-state index in [1.807, 2.05) is 13.8 Å². The SMILES string of the molecule is CCCCc1cc(C(F)(F)F)cnc1-c1ncc(C)cn1. The first-order valence-electron chi connectivity index (χ1n) is 6.77. The molecule has 2 rings (SSSR count). The van der Waals surface area contributed by atoms with Crippen molar-refractivity contribution in [3.8, 4) is 11.5 Å². The quantitative estimate of drug-likeness (QED) is 0.848. The molecule has 0 N–H and O–H groups in total. The van der Waals surface area contributed by atoms with Gasteiger partial charge < -0.3 is 0 Å². The molecule has 0 bridgehead atoms. The average Bonchev–Trinajstić information content (AvgIpc) is 2.45. The summed E-state index contributed by atoms with van der Waals surface area (Å²) in [6.45, 7) is 3.84. The van der Waals surface area contributed by atoms with Crippen molar-refractivity contribution < 1.29 is 13.2 Å². The van der Waals surface area contributed by atoms with Gasteiger partial charge in [-0.2, -0.15) is 13.2 Å². The van der Waals surface area contributed by atoms with Crippen LogP contribution in [0.25, 0.3) is 11.5 Å². The van der Waals surface area contributed by atoms with Gasteiger partial charge in [-0.3, -0.25) is 4.98 Å². The van der Waals surface area contributed by atoms with E-state index in [9.17, 15) is 13.2 Å². The van der Waals surface area contributed by atoms with Crippen LogP contribution in [-0.2, 0) is 12.6 Å². The molecule has 0 aliphatic heterocycles. The summed E-state index contributed by atoms with van der Waals surface area (Å²) in [5.41, 5.74) is 1.12. The molecule has 0 spiro atoms. The number of rotatable bonds is 4. The second kappa shape index (κ2) is 6.20. The average molecular weight is 295 g/mol. The lowest BCUT2D eigenvalue weighted by atomic mass is 10.0. The number of nitrogens with zero attached hydrogens (tertiary/aromatic N) is 3. The molecule has 0 saturated heterocycles. The number of aryl methyl sites for hydroxylation is 2. The standard InChI is InChI=1S/C15H16F3N3/c1-3-4-5-11-6-12(15(16,17)18)9-19-13(11)14-20-7-10(2)8-21-14/h6-9H,3-5H2,1-2H3. The van der Waals surface area contributed by atoms with Crippen molar-refractivity contribution in [2.24, 2.45) is 0 Å². The minimum absolute atomic E-state index is 0.362. The van der Waals surface area contributed by atoms with E-state index in [-0.39, 0.29) is 0 Å². The number of halogens is 3. The summed E-state index contributed by atoms with van der Waals surface area (Å²) < 4.78 is 38.4. The second-order valence-corrected chi connectivity index (χ2v) is 4.92. The zero-order valence-electron chi connectivity index (χ0n) is 11.9. The van der Waals surface area contributed by atoms with E-state index >= 15 is 0 Å². The van der Waals surface area contributed by atoms with Gasteiger partial charge in [0.1, 0.15) is 5.69 Å². The molecule has 0 amide bonds. The number of pyridine rings is 1. The highest BCUT2D eigenvalue weighted by molar-refractivity contribution is 5.55. The van der Waals surface area contributed by atoms with Gasteiger partial charge in [-0.15, -0.1) is 0 Å². The van der Waals surface area contributed by atoms with Crippen LogP contribution in [0.15, 0.2) is 24.7 Å². The lowest BCUT2D eigenvalue weighted by Crippen LogP contribution is -2.08. The molecule has 2 aromatic rings. The molecule has 2 heterocycles. The molecular formula is C15H16F3N3. The van der Waals surface area contributed by atoms with Crippen molar-refractivity contribution >= 4 is 0 Å². The molecule has 0 aliphatic carbocycles. The van der Waals surface area contributed by atoms with Crippen LogP contribution in [0, 0.1) is 6.92 Å². The highest BCUT2D eigenvalue weighted by Crippen LogP contribution is 2.31. The van der Waals surface area contributed by atoms with E-state index in [0.29, 0.717) is 23.5 Å². The van der Waals surface area contributed by atoms with Crippen LogP contribution >= 0.6 is 0 Å². The summed E-state index contributed by atoms with van der Waals surface area (Å²) in [5.74, 6) is 0.362. The summed E-state index contributed by atoms with van der Waals surface area (Å²) in [6, 6.07) is 1.15. The monoisotopic (exact) mass is 295 g/mol. The Balaban J connectivity index is 2.46. The first-order valence-corrected chi connectivity index (χ1v) is 6.77. The van der Waals surface area contributed by atoms with Crippen LogP contribution in [0.4, 0.5) is 13.2 Å². The van der Waals surface area contributed by atoms with Gasteiger partial charge in [0, 0.05) is 18.6 Å². The minimum atomic E-state index is -4.39. The van der Waals surface area contributed by atoms with Crippen LogP contribution in [0.1, 0.15) is 36.5 Å². The number of hydrogen-bond donors (Lipinski definition) is 0. The molecule has 0 aliphatic rings. The van der Waals surface area contributed by atoms with Crippen molar-refractivity contribution in [3.05, 3.63) is 41.3 Å². The Morgan fingerprint density at radius 1 is 1.05 bits per heavy atom. The Labute approximate surface area is 121 Å². The molecule has 6 heteroatoms. The zero-order chi connectivity index (χ0) is 15.5. The molecule has 0 fully saturated rings. The minimum Gasteiger partial charge on any atom is -0.252 e. The molecule has 3 nitrogen and oxygen atoms in total. The van der Waals surface area contributed by atoms with E-state index in [1.165, 1.54) is 0 Å². The zero-order valence-corrected chi connectivity index (χ0v) is 11.9. The number of aromatic nitrogens is 3. The molecule has 21 heavy (non-hydrogen) atoms. The van der Waals surface area contributed by atoms with Gasteiger partial charge in [0.25, 0.3) is 0 Å². The summed E-state index contributed by atoms with van der Waals surface area (Å²) in [5, 5.41) is 0. The van der Waals surface area contributed by atoms with Crippen molar-refractivity contribution in [1.82, 2.24) is 15.0 Å². The summed E-state index contributed by atoms with van der Waals surface area (Å²) in [7, 11) is 0. The molecule has 2 aromatic heterocycles. The normalized spacial score (nSPS) is 11.7. The van der Waals surface area contributed by atoms with E-state index in [4.69, 9.17) is 0 Å². The third-order valence-electron chi connectivity index (χ3n) is 3.09. The van der Waals surface area contributed by atoms with Crippen LogP contribution in [0.2, 0.25) is 0 Å². The highest BCUT2D eigenvalue weighted by atomic mass is 19.4. The van der Waals surface area contributed by atoms with Crippen LogP contribution in [-0.4, -0.2) is 15.0 Å². The maximum absolute atomic E-state index is 12.8. The van der Waals surface area contributed by atoms with Gasteiger partial charge in [-0.25, -0.2) is 9.97 Å². The van der Waals surface area contributed by atoms with E-state index in [0.717, 1.165) is 30.7 Å². The van der Waals surface area contributed by atoms with Gasteiger partial charge >= 0.3 is 6.18 Å². The molecular weight excluding hydrogens is 279 g/mol. The fraction of sp³-hybridized carbons (Fsp3) is 0.400. The second-order valence-electron chi connectivity index (χ2n) is 4.92. The molecule has 0 aromatic carbocycles. The van der Waals surface area contributed by atoms with E-state index in [1.54, 1.807) is 12.4 Å². The molecule has 0 unspecified atom stereocenters. The Morgan fingerprint density at radius 3 is 2.29 bits per heavy atom. The maximum Gasteiger partial charge on any atom is 0.417 e. The van der Waals surface area contributed by atoms with Gasteiger partial charge in [0.2, 0.25) is 0 Å². The van der Waals surface area contributed by atoms with Crippen LogP contribution < -0.4 is 0 Å². The van der Waals surface area contributed by atoms with Crippen LogP contribution in [0.3, 0.4) is 0 Å². The fourth-order valence-corrected chi connectivity index (χ4v) is 1.94. The van der Waals surface area contributed by atoms with Gasteiger partial charge in [0.15, 0.2) is 5.82 Å². The van der Waals surface area contributed by atoms with Crippen molar-refractivity contribution in [2.45, 2.75) is 39.3 Å². The van der Waals surface area contributed by atoms with E-state index < -0.39 is 11.7 Å². The Kier molecular flexibility index (Phi) is 4.55. The summed E-state index contributed by atoms with van der Waals surface area (Å²) >= 11 is 0. The largest absolute Gasteiger partial charge is 0.417 e. The molecule has 0 atom stereocenters. The predicted octanol–water partition coefficient (Wildman–Crippen LogP) is 4.21. The molecule has 0 radical (unpaired) electrons. The lowest BCUT2D eigenvalue weighted by Gasteiger charge is -2.12. The summed E-state index contributed by atoms with van der Waals surface area (Å²) in [4.78, 5) is 12.3. The third kappa shape index (κ3) is 3.77. The topological polar surface area (TPSA) is 38.7 Å². The van der Waals surface area contributed by atoms with Crippen molar-refractivity contribution in [2.75, 3.05) is 0 Å². The highest BCUT2D eigenvalue weighted by Gasteiger charge is 2.31. The van der Waals surface area contributed by atoms with E-state index in [2.05, 4.69) is 15.0 Å². The molecule has 0 saturated carbocycles. The third-order valence-corrected chi connectivity index (χ3v) is 3.09. The number of unbranched alkanes of at least 4 members (excludes halogenated alkanes) is 1. The first-order chi connectivity index (χ1) is 9.91. The predicted molar refractivity (Wildman–Crippen MR) is 73.6 cm³/mol. The van der Waals surface area contributed by atoms with Gasteiger partial charge in [-0.1, -0.05) is 13.3 Å². The van der Waals surface area contributed by atoms with Gasteiger partial charge in [0.05, 0.1) is 5.56 Å². The lowest BCUT2D eigenvalue weighted by molar-refractivity contribution is -0.137. The Bertz CT molecular complexity index is 607. The van der Waals surface area contributed by atoms with Crippen molar-refractivity contribution in [1.29, 1.82) is 0 Å². The fourth-order valence-electron chi connectivity index (χ4n) is 1.94. The first kappa shape index (κ1) is 15.4. The number of hydrogen-bond acceptors (Lipinski definition) is 3. The smallest absolute Gasteiger partial charge is 0.252 e. The summed E-state index contributed by atoms with van der Waals surface area (Å²) in [6.07, 6.45) is 1.93. The van der Waals surface area contributed by atoms with Crippen LogP contribution in [0.5, 0.6) is 0 Å². The van der Waals surface area contributed by atoms with Gasteiger partial charge in [-0.05, 0) is 37.0 Å². The Morgan fingerprint density at radius 2 is 1.71 bits per heavy atom. The number of alkyl halides is 3. The molecule has 112 valence electrons. The Hall–Kier alpha value is -1.98.